The van der Waals surface area contributed by atoms with E-state index in [0.717, 1.165) is 0 Å². The number of esters is 1. The lowest BCUT2D eigenvalue weighted by molar-refractivity contribution is -0.142. The van der Waals surface area contributed by atoms with Crippen LogP contribution in [0.5, 0.6) is 11.5 Å². The standard InChI is InChI=1S/C20H18N2O5/c1-25-16-8-9-18(26-2)14(11-16)7-10-20(24)27-13-19(23)22-17-6-4-3-5-15(17)12-21/h3-11H,13H2,1-2H3,(H,22,23)/b10-7+. The molecule has 27 heavy (non-hydrogen) atoms. The molecule has 138 valence electrons. The molecular formula is C20H18N2O5. The minimum atomic E-state index is -0.691. The van der Waals surface area contributed by atoms with Gasteiger partial charge in [0, 0.05) is 11.6 Å². The number of nitrogens with one attached hydrogen (secondary N) is 1. The van der Waals surface area contributed by atoms with Crippen LogP contribution >= 0.6 is 0 Å². The fraction of sp³-hybridized carbons (Fsp3) is 0.150. The van der Waals surface area contributed by atoms with Crippen molar-refractivity contribution < 1.29 is 23.8 Å². The van der Waals surface area contributed by atoms with Crippen molar-refractivity contribution in [2.75, 3.05) is 26.1 Å². The average molecular weight is 366 g/mol. The lowest BCUT2D eigenvalue weighted by atomic mass is 10.1. The fourth-order valence-corrected chi connectivity index (χ4v) is 2.19. The number of nitriles is 1. The number of benzene rings is 2. The first kappa shape index (κ1) is 19.5. The van der Waals surface area contributed by atoms with Crippen LogP contribution in [-0.2, 0) is 14.3 Å². The maximum atomic E-state index is 11.9. The Morgan fingerprint density at radius 1 is 1.15 bits per heavy atom. The topological polar surface area (TPSA) is 97.7 Å². The van der Waals surface area contributed by atoms with E-state index in [1.165, 1.54) is 26.4 Å². The first-order valence-corrected chi connectivity index (χ1v) is 7.93. The van der Waals surface area contributed by atoms with Gasteiger partial charge in [0.1, 0.15) is 17.6 Å². The van der Waals surface area contributed by atoms with E-state index >= 15 is 0 Å². The first-order valence-electron chi connectivity index (χ1n) is 7.93. The van der Waals surface area contributed by atoms with Crippen LogP contribution in [0.25, 0.3) is 6.08 Å². The van der Waals surface area contributed by atoms with Gasteiger partial charge in [-0.2, -0.15) is 5.26 Å². The van der Waals surface area contributed by atoms with Gasteiger partial charge in [0.15, 0.2) is 6.61 Å². The molecule has 0 aliphatic rings. The molecule has 2 aromatic rings. The Balaban J connectivity index is 1.93. The molecule has 0 saturated heterocycles. The summed E-state index contributed by atoms with van der Waals surface area (Å²) in [5.41, 5.74) is 1.31. The van der Waals surface area contributed by atoms with E-state index in [0.29, 0.717) is 28.3 Å². The Hall–Kier alpha value is -3.79. The predicted octanol–water partition coefficient (Wildman–Crippen LogP) is 2.77. The molecule has 0 radical (unpaired) electrons. The summed E-state index contributed by atoms with van der Waals surface area (Å²) in [4.78, 5) is 23.7. The summed E-state index contributed by atoms with van der Waals surface area (Å²) in [5.74, 6) is -0.0629. The van der Waals surface area contributed by atoms with E-state index in [2.05, 4.69) is 5.32 Å². The van der Waals surface area contributed by atoms with Crippen LogP contribution < -0.4 is 14.8 Å². The fourth-order valence-electron chi connectivity index (χ4n) is 2.19. The minimum absolute atomic E-state index is 0.321. The van der Waals surface area contributed by atoms with Gasteiger partial charge in [-0.1, -0.05) is 12.1 Å². The smallest absolute Gasteiger partial charge is 0.331 e. The Kier molecular flexibility index (Phi) is 6.97. The summed E-state index contributed by atoms with van der Waals surface area (Å²) < 4.78 is 15.3. The Bertz CT molecular complexity index is 899. The number of rotatable bonds is 7. The molecule has 0 saturated carbocycles. The van der Waals surface area contributed by atoms with Crippen molar-refractivity contribution >= 4 is 23.6 Å². The largest absolute Gasteiger partial charge is 0.497 e. The van der Waals surface area contributed by atoms with Crippen molar-refractivity contribution in [1.82, 2.24) is 0 Å². The van der Waals surface area contributed by atoms with Gasteiger partial charge in [0.25, 0.3) is 5.91 Å². The van der Waals surface area contributed by atoms with E-state index in [9.17, 15) is 9.59 Å². The number of ether oxygens (including phenoxy) is 3. The Morgan fingerprint density at radius 3 is 2.63 bits per heavy atom. The molecular weight excluding hydrogens is 348 g/mol. The number of carbonyl (C=O) groups is 2. The summed E-state index contributed by atoms with van der Waals surface area (Å²) in [7, 11) is 3.05. The van der Waals surface area contributed by atoms with E-state index in [-0.39, 0.29) is 0 Å². The molecule has 0 spiro atoms. The molecule has 0 aliphatic carbocycles. The zero-order valence-corrected chi connectivity index (χ0v) is 14.9. The van der Waals surface area contributed by atoms with Crippen LogP contribution in [0.2, 0.25) is 0 Å². The minimum Gasteiger partial charge on any atom is -0.497 e. The lowest BCUT2D eigenvalue weighted by Gasteiger charge is -2.08. The molecule has 0 aliphatic heterocycles. The summed E-state index contributed by atoms with van der Waals surface area (Å²) in [5, 5.41) is 11.5. The van der Waals surface area contributed by atoms with Gasteiger partial charge in [-0.25, -0.2) is 4.79 Å². The highest BCUT2D eigenvalue weighted by Gasteiger charge is 2.09. The van der Waals surface area contributed by atoms with Gasteiger partial charge >= 0.3 is 5.97 Å². The number of para-hydroxylation sites is 1. The van der Waals surface area contributed by atoms with E-state index < -0.39 is 18.5 Å². The molecule has 0 heterocycles. The second-order valence-corrected chi connectivity index (χ2v) is 5.25. The maximum Gasteiger partial charge on any atom is 0.331 e. The third kappa shape index (κ3) is 5.61. The van der Waals surface area contributed by atoms with Gasteiger partial charge in [0.2, 0.25) is 0 Å². The van der Waals surface area contributed by atoms with Crippen molar-refractivity contribution in [2.45, 2.75) is 0 Å². The van der Waals surface area contributed by atoms with Gasteiger partial charge in [0.05, 0.1) is 25.5 Å². The first-order chi connectivity index (χ1) is 13.1. The number of nitrogens with zero attached hydrogens (tertiary/aromatic N) is 1. The van der Waals surface area contributed by atoms with Crippen molar-refractivity contribution in [3.63, 3.8) is 0 Å². The highest BCUT2D eigenvalue weighted by Crippen LogP contribution is 2.25. The quantitative estimate of drug-likeness (QED) is 0.598. The van der Waals surface area contributed by atoms with Crippen LogP contribution in [0.3, 0.4) is 0 Å². The number of hydrogen-bond donors (Lipinski definition) is 1. The maximum absolute atomic E-state index is 11.9. The van der Waals surface area contributed by atoms with E-state index in [1.54, 1.807) is 42.5 Å². The van der Waals surface area contributed by atoms with Crippen molar-refractivity contribution in [3.8, 4) is 17.6 Å². The number of hydrogen-bond acceptors (Lipinski definition) is 6. The lowest BCUT2D eigenvalue weighted by Crippen LogP contribution is -2.20. The van der Waals surface area contributed by atoms with E-state index in [1.807, 2.05) is 6.07 Å². The van der Waals surface area contributed by atoms with Crippen LogP contribution in [0.1, 0.15) is 11.1 Å². The Morgan fingerprint density at radius 2 is 1.93 bits per heavy atom. The second kappa shape index (κ2) is 9.63. The highest BCUT2D eigenvalue weighted by atomic mass is 16.5. The summed E-state index contributed by atoms with van der Waals surface area (Å²) in [6.45, 7) is -0.474. The van der Waals surface area contributed by atoms with Gasteiger partial charge in [-0.15, -0.1) is 0 Å². The highest BCUT2D eigenvalue weighted by molar-refractivity contribution is 5.95. The SMILES string of the molecule is COc1ccc(OC)c(/C=C/C(=O)OCC(=O)Nc2ccccc2C#N)c1. The molecule has 0 atom stereocenters. The summed E-state index contributed by atoms with van der Waals surface area (Å²) in [6, 6.07) is 13.7. The zero-order valence-electron chi connectivity index (χ0n) is 14.9. The normalized spacial score (nSPS) is 10.1. The number of amides is 1. The van der Waals surface area contributed by atoms with Crippen LogP contribution in [-0.4, -0.2) is 32.7 Å². The van der Waals surface area contributed by atoms with E-state index in [4.69, 9.17) is 19.5 Å². The third-order valence-corrected chi connectivity index (χ3v) is 3.50. The van der Waals surface area contributed by atoms with Crippen LogP contribution in [0, 0.1) is 11.3 Å². The van der Waals surface area contributed by atoms with Crippen molar-refractivity contribution in [2.24, 2.45) is 0 Å². The number of anilines is 1. The molecule has 1 amide bonds. The number of carbonyl (C=O) groups excluding carboxylic acids is 2. The van der Waals surface area contributed by atoms with Gasteiger partial charge in [-0.3, -0.25) is 4.79 Å². The van der Waals surface area contributed by atoms with Crippen molar-refractivity contribution in [3.05, 3.63) is 59.7 Å². The molecule has 7 heteroatoms. The van der Waals surface area contributed by atoms with Crippen molar-refractivity contribution in [1.29, 1.82) is 5.26 Å². The molecule has 0 unspecified atom stereocenters. The van der Waals surface area contributed by atoms with Crippen LogP contribution in [0.15, 0.2) is 48.5 Å². The monoisotopic (exact) mass is 366 g/mol. The summed E-state index contributed by atoms with van der Waals surface area (Å²) in [6.07, 6.45) is 2.69. The van der Waals surface area contributed by atoms with Crippen LogP contribution in [0.4, 0.5) is 5.69 Å². The zero-order chi connectivity index (χ0) is 19.6. The summed E-state index contributed by atoms with van der Waals surface area (Å²) >= 11 is 0. The predicted molar refractivity (Wildman–Crippen MR) is 99.3 cm³/mol. The Labute approximate surface area is 156 Å². The average Bonchev–Trinajstić information content (AvgIpc) is 2.70. The third-order valence-electron chi connectivity index (χ3n) is 3.50. The second-order valence-electron chi connectivity index (χ2n) is 5.25. The number of methoxy groups -OCH3 is 2. The van der Waals surface area contributed by atoms with Gasteiger partial charge in [-0.05, 0) is 36.4 Å². The molecule has 7 nitrogen and oxygen atoms in total. The molecule has 0 aromatic heterocycles. The molecule has 0 fully saturated rings. The molecule has 0 bridgehead atoms. The molecule has 2 aromatic carbocycles. The van der Waals surface area contributed by atoms with Gasteiger partial charge < -0.3 is 19.5 Å². The molecule has 1 N–H and O–H groups in total. The molecule has 2 rings (SSSR count).